The fourth-order valence-electron chi connectivity index (χ4n) is 3.82. The first-order valence-electron chi connectivity index (χ1n) is 8.92. The van der Waals surface area contributed by atoms with Crippen molar-refractivity contribution in [2.24, 2.45) is 0 Å². The highest BCUT2D eigenvalue weighted by Gasteiger charge is 2.29. The second-order valence-corrected chi connectivity index (χ2v) is 6.75. The Kier molecular flexibility index (Phi) is 5.52. The Hall–Kier alpha value is -2.87. The fraction of sp³-hybridized carbons (Fsp3) is 0.381. The summed E-state index contributed by atoms with van der Waals surface area (Å²) in [5, 5.41) is 8.90. The van der Waals surface area contributed by atoms with Gasteiger partial charge in [0, 0.05) is 30.2 Å². The van der Waals surface area contributed by atoms with Crippen molar-refractivity contribution in [3.63, 3.8) is 0 Å². The summed E-state index contributed by atoms with van der Waals surface area (Å²) in [4.78, 5) is 10.8. The molecule has 2 heterocycles. The Morgan fingerprint density at radius 3 is 2.58 bits per heavy atom. The van der Waals surface area contributed by atoms with Crippen LogP contribution in [0.1, 0.15) is 49.8 Å². The number of anilines is 1. The Labute approximate surface area is 155 Å². The Bertz CT molecular complexity index is 802. The van der Waals surface area contributed by atoms with E-state index in [2.05, 4.69) is 27.5 Å². The van der Waals surface area contributed by atoms with Gasteiger partial charge >= 0.3 is 0 Å². The third-order valence-electron chi connectivity index (χ3n) is 5.09. The van der Waals surface area contributed by atoms with Crippen molar-refractivity contribution in [3.8, 4) is 11.8 Å². The van der Waals surface area contributed by atoms with E-state index in [0.717, 1.165) is 42.8 Å². The van der Waals surface area contributed by atoms with E-state index in [1.807, 2.05) is 37.5 Å². The molecule has 1 aliphatic carbocycles. The quantitative estimate of drug-likeness (QED) is 0.800. The Morgan fingerprint density at radius 2 is 2.00 bits per heavy atom. The summed E-state index contributed by atoms with van der Waals surface area (Å²) in [7, 11) is 1.68. The molecular weight excluding hydrogens is 324 g/mol. The van der Waals surface area contributed by atoms with Crippen LogP contribution in [0.4, 0.5) is 5.69 Å². The van der Waals surface area contributed by atoms with Crippen molar-refractivity contribution in [3.05, 3.63) is 60.3 Å². The molecule has 0 N–H and O–H groups in total. The van der Waals surface area contributed by atoms with Crippen LogP contribution in [0.3, 0.4) is 0 Å². The second kappa shape index (κ2) is 8.01. The lowest BCUT2D eigenvalue weighted by molar-refractivity contribution is 0.378. The highest BCUT2D eigenvalue weighted by molar-refractivity contribution is 5.61. The normalized spacial score (nSPS) is 19.4. The molecule has 1 fully saturated rings. The summed E-state index contributed by atoms with van der Waals surface area (Å²) in [6, 6.07) is 8.19. The third-order valence-corrected chi connectivity index (χ3v) is 5.09. The minimum absolute atomic E-state index is 0.383. The second-order valence-electron chi connectivity index (χ2n) is 6.75. The van der Waals surface area contributed by atoms with Crippen LogP contribution in [0.5, 0.6) is 5.75 Å². The number of hydrogen-bond donors (Lipinski definition) is 0. The molecule has 0 bridgehead atoms. The van der Waals surface area contributed by atoms with Gasteiger partial charge in [-0.25, -0.2) is 4.98 Å². The Morgan fingerprint density at radius 1 is 1.23 bits per heavy atom. The van der Waals surface area contributed by atoms with Gasteiger partial charge in [0.25, 0.3) is 0 Å². The number of pyridine rings is 2. The average molecular weight is 348 g/mol. The lowest BCUT2D eigenvalue weighted by Crippen LogP contribution is -2.36. The number of nitriles is 1. The zero-order chi connectivity index (χ0) is 18.5. The minimum atomic E-state index is 0.383. The van der Waals surface area contributed by atoms with Crippen molar-refractivity contribution in [2.75, 3.05) is 12.0 Å². The summed E-state index contributed by atoms with van der Waals surface area (Å²) in [6.45, 7) is 6.21. The van der Waals surface area contributed by atoms with E-state index in [-0.39, 0.29) is 0 Å². The molecule has 5 heteroatoms. The number of rotatable bonds is 5. The van der Waals surface area contributed by atoms with Crippen LogP contribution >= 0.6 is 0 Å². The average Bonchev–Trinajstić information content (AvgIpc) is 2.69. The van der Waals surface area contributed by atoms with Gasteiger partial charge in [-0.05, 0) is 50.2 Å². The number of nitrogens with zero attached hydrogens (tertiary/aromatic N) is 4. The summed E-state index contributed by atoms with van der Waals surface area (Å²) < 4.78 is 5.52. The van der Waals surface area contributed by atoms with Crippen LogP contribution < -0.4 is 9.64 Å². The molecule has 0 amide bonds. The molecule has 0 atom stereocenters. The van der Waals surface area contributed by atoms with Crippen LogP contribution in [0.25, 0.3) is 0 Å². The molecule has 2 aromatic rings. The van der Waals surface area contributed by atoms with E-state index in [1.54, 1.807) is 13.3 Å². The summed E-state index contributed by atoms with van der Waals surface area (Å²) in [6.07, 6.45) is 9.75. The number of methoxy groups -OCH3 is 1. The van der Waals surface area contributed by atoms with Crippen LogP contribution in [-0.2, 0) is 0 Å². The Balaban J connectivity index is 1.74. The van der Waals surface area contributed by atoms with E-state index in [9.17, 15) is 0 Å². The van der Waals surface area contributed by atoms with Crippen molar-refractivity contribution >= 4 is 5.69 Å². The monoisotopic (exact) mass is 348 g/mol. The van der Waals surface area contributed by atoms with E-state index in [0.29, 0.717) is 17.7 Å². The minimum Gasteiger partial charge on any atom is -0.494 e. The maximum absolute atomic E-state index is 8.90. The molecule has 26 heavy (non-hydrogen) atoms. The zero-order valence-corrected chi connectivity index (χ0v) is 15.4. The van der Waals surface area contributed by atoms with Gasteiger partial charge in [-0.2, -0.15) is 5.26 Å². The van der Waals surface area contributed by atoms with Crippen molar-refractivity contribution in [2.45, 2.75) is 44.6 Å². The van der Waals surface area contributed by atoms with Gasteiger partial charge in [0.1, 0.15) is 23.2 Å². The zero-order valence-electron chi connectivity index (χ0n) is 15.4. The third kappa shape index (κ3) is 3.70. The number of hydrogen-bond acceptors (Lipinski definition) is 5. The SMILES string of the molecule is C=C(C)N(c1cnccc1OC)C1CCC(c2ccc(C#N)nc2)CC1. The molecular formula is C21H24N4O. The molecule has 1 saturated carbocycles. The fourth-order valence-corrected chi connectivity index (χ4v) is 3.82. The molecule has 3 rings (SSSR count). The predicted octanol–water partition coefficient (Wildman–Crippen LogP) is 4.42. The van der Waals surface area contributed by atoms with E-state index < -0.39 is 0 Å². The van der Waals surface area contributed by atoms with Crippen LogP contribution in [0.15, 0.2) is 49.1 Å². The highest BCUT2D eigenvalue weighted by atomic mass is 16.5. The van der Waals surface area contributed by atoms with Gasteiger partial charge in [-0.15, -0.1) is 0 Å². The molecule has 2 aromatic heterocycles. The predicted molar refractivity (Wildman–Crippen MR) is 102 cm³/mol. The van der Waals surface area contributed by atoms with Gasteiger partial charge < -0.3 is 9.64 Å². The lowest BCUT2D eigenvalue weighted by Gasteiger charge is -2.39. The first-order chi connectivity index (χ1) is 12.6. The lowest BCUT2D eigenvalue weighted by atomic mass is 9.81. The molecule has 0 saturated heterocycles. The highest BCUT2D eigenvalue weighted by Crippen LogP contribution is 2.39. The maximum atomic E-state index is 8.90. The van der Waals surface area contributed by atoms with Crippen LogP contribution in [-0.4, -0.2) is 23.1 Å². The molecule has 0 radical (unpaired) electrons. The molecule has 1 aliphatic rings. The van der Waals surface area contributed by atoms with E-state index >= 15 is 0 Å². The van der Waals surface area contributed by atoms with Crippen molar-refractivity contribution in [1.82, 2.24) is 9.97 Å². The van der Waals surface area contributed by atoms with Crippen LogP contribution in [0, 0.1) is 11.3 Å². The molecule has 134 valence electrons. The van der Waals surface area contributed by atoms with Gasteiger partial charge in [0.2, 0.25) is 0 Å². The largest absolute Gasteiger partial charge is 0.494 e. The molecule has 0 unspecified atom stereocenters. The van der Waals surface area contributed by atoms with E-state index in [1.165, 1.54) is 5.56 Å². The van der Waals surface area contributed by atoms with Gasteiger partial charge in [-0.3, -0.25) is 4.98 Å². The van der Waals surface area contributed by atoms with Gasteiger partial charge in [0.15, 0.2) is 0 Å². The molecule has 5 nitrogen and oxygen atoms in total. The summed E-state index contributed by atoms with van der Waals surface area (Å²) in [5.74, 6) is 1.32. The standard InChI is InChI=1S/C21H24N4O/c1-15(2)25(20-14-23-11-10-21(20)26-3)19-8-5-16(6-9-19)17-4-7-18(12-22)24-13-17/h4,7,10-11,13-14,16,19H,1,5-6,8-9H2,2-3H3. The molecule has 0 aromatic carbocycles. The first-order valence-corrected chi connectivity index (χ1v) is 8.92. The molecule has 0 spiro atoms. The number of aromatic nitrogens is 2. The molecule has 0 aliphatic heterocycles. The van der Waals surface area contributed by atoms with E-state index in [4.69, 9.17) is 10.00 Å². The van der Waals surface area contributed by atoms with Crippen molar-refractivity contribution < 1.29 is 4.74 Å². The topological polar surface area (TPSA) is 62.0 Å². The number of allylic oxidation sites excluding steroid dienone is 1. The maximum Gasteiger partial charge on any atom is 0.145 e. The summed E-state index contributed by atoms with van der Waals surface area (Å²) >= 11 is 0. The first kappa shape index (κ1) is 17.9. The van der Waals surface area contributed by atoms with Crippen molar-refractivity contribution in [1.29, 1.82) is 5.26 Å². The number of ether oxygens (including phenoxy) is 1. The smallest absolute Gasteiger partial charge is 0.145 e. The summed E-state index contributed by atoms with van der Waals surface area (Å²) in [5.41, 5.74) is 3.67. The van der Waals surface area contributed by atoms with Gasteiger partial charge in [-0.1, -0.05) is 12.6 Å². The van der Waals surface area contributed by atoms with Gasteiger partial charge in [0.05, 0.1) is 13.3 Å². The van der Waals surface area contributed by atoms with Crippen LogP contribution in [0.2, 0.25) is 0 Å².